The molecular formula is C14H14N4O4S. The van der Waals surface area contributed by atoms with Gasteiger partial charge in [0.2, 0.25) is 5.16 Å². The first-order valence-corrected chi connectivity index (χ1v) is 8.07. The SMILES string of the molecule is CN(c1cccc2cc(C(=O)O)[nH]c12)S(=O)(=O)c1nccn1C. The van der Waals surface area contributed by atoms with Gasteiger partial charge in [-0.05, 0) is 12.1 Å². The van der Waals surface area contributed by atoms with Crippen LogP contribution in [0.5, 0.6) is 0 Å². The van der Waals surface area contributed by atoms with Gasteiger partial charge >= 0.3 is 5.97 Å². The number of benzene rings is 1. The predicted molar refractivity (Wildman–Crippen MR) is 84.1 cm³/mol. The molecule has 8 nitrogen and oxygen atoms in total. The van der Waals surface area contributed by atoms with Crippen molar-refractivity contribution < 1.29 is 18.3 Å². The molecule has 2 heterocycles. The summed E-state index contributed by atoms with van der Waals surface area (Å²) in [6.07, 6.45) is 2.94. The first-order valence-electron chi connectivity index (χ1n) is 6.63. The van der Waals surface area contributed by atoms with Gasteiger partial charge in [-0.15, -0.1) is 0 Å². The summed E-state index contributed by atoms with van der Waals surface area (Å²) in [5.41, 5.74) is 0.776. The zero-order chi connectivity index (χ0) is 16.8. The van der Waals surface area contributed by atoms with E-state index in [9.17, 15) is 13.2 Å². The maximum Gasteiger partial charge on any atom is 0.352 e. The van der Waals surface area contributed by atoms with Crippen LogP contribution in [0.1, 0.15) is 10.5 Å². The lowest BCUT2D eigenvalue weighted by molar-refractivity contribution is 0.0691. The molecule has 0 atom stereocenters. The highest BCUT2D eigenvalue weighted by Crippen LogP contribution is 2.29. The van der Waals surface area contributed by atoms with Crippen molar-refractivity contribution in [3.63, 3.8) is 0 Å². The molecule has 0 radical (unpaired) electrons. The number of anilines is 1. The molecule has 0 spiro atoms. The summed E-state index contributed by atoms with van der Waals surface area (Å²) in [5.74, 6) is -1.11. The number of aromatic amines is 1. The van der Waals surface area contributed by atoms with Crippen LogP contribution in [0.4, 0.5) is 5.69 Å². The van der Waals surface area contributed by atoms with Crippen LogP contribution in [0.2, 0.25) is 0 Å². The van der Waals surface area contributed by atoms with Gasteiger partial charge in [0, 0.05) is 31.9 Å². The van der Waals surface area contributed by atoms with Gasteiger partial charge < -0.3 is 14.7 Å². The smallest absolute Gasteiger partial charge is 0.352 e. The third kappa shape index (κ3) is 2.34. The van der Waals surface area contributed by atoms with Gasteiger partial charge in [0.1, 0.15) is 5.69 Å². The summed E-state index contributed by atoms with van der Waals surface area (Å²) in [7, 11) is -0.872. The Bertz CT molecular complexity index is 1000. The van der Waals surface area contributed by atoms with Crippen LogP contribution in [0.3, 0.4) is 0 Å². The summed E-state index contributed by atoms with van der Waals surface area (Å²) in [6.45, 7) is 0. The Kier molecular flexibility index (Phi) is 3.37. The Morgan fingerprint density at radius 2 is 2.13 bits per heavy atom. The zero-order valence-corrected chi connectivity index (χ0v) is 13.2. The quantitative estimate of drug-likeness (QED) is 0.750. The molecule has 3 rings (SSSR count). The number of fused-ring (bicyclic) bond motifs is 1. The van der Waals surface area contributed by atoms with Crippen molar-refractivity contribution >= 4 is 32.6 Å². The van der Waals surface area contributed by atoms with E-state index >= 15 is 0 Å². The van der Waals surface area contributed by atoms with Crippen molar-refractivity contribution in [2.24, 2.45) is 7.05 Å². The lowest BCUT2D eigenvalue weighted by Gasteiger charge is -2.19. The van der Waals surface area contributed by atoms with Gasteiger partial charge in [-0.1, -0.05) is 12.1 Å². The van der Waals surface area contributed by atoms with E-state index in [1.807, 2.05) is 0 Å². The summed E-state index contributed by atoms with van der Waals surface area (Å²) < 4.78 is 27.9. The highest BCUT2D eigenvalue weighted by Gasteiger charge is 2.27. The van der Waals surface area contributed by atoms with Crippen molar-refractivity contribution in [1.29, 1.82) is 0 Å². The largest absolute Gasteiger partial charge is 0.477 e. The van der Waals surface area contributed by atoms with E-state index in [-0.39, 0.29) is 10.9 Å². The minimum Gasteiger partial charge on any atom is -0.477 e. The molecule has 0 saturated heterocycles. The zero-order valence-electron chi connectivity index (χ0n) is 12.4. The minimum atomic E-state index is -3.86. The molecule has 0 amide bonds. The molecule has 0 bridgehead atoms. The van der Waals surface area contributed by atoms with E-state index < -0.39 is 16.0 Å². The fourth-order valence-corrected chi connectivity index (χ4v) is 3.65. The van der Waals surface area contributed by atoms with Crippen LogP contribution in [0, 0.1) is 0 Å². The Morgan fingerprint density at radius 1 is 1.39 bits per heavy atom. The molecule has 0 saturated carbocycles. The maximum atomic E-state index is 12.7. The van der Waals surface area contributed by atoms with Crippen LogP contribution in [-0.2, 0) is 17.1 Å². The lowest BCUT2D eigenvalue weighted by Crippen LogP contribution is -2.29. The number of imidazole rings is 1. The number of carboxylic acids is 1. The van der Waals surface area contributed by atoms with E-state index in [1.54, 1.807) is 31.4 Å². The van der Waals surface area contributed by atoms with Gasteiger partial charge in [-0.3, -0.25) is 4.31 Å². The third-order valence-corrected chi connectivity index (χ3v) is 5.34. The van der Waals surface area contributed by atoms with Crippen molar-refractivity contribution in [1.82, 2.24) is 14.5 Å². The molecule has 0 aliphatic rings. The van der Waals surface area contributed by atoms with Gasteiger partial charge in [0.25, 0.3) is 10.0 Å². The van der Waals surface area contributed by atoms with E-state index in [0.717, 1.165) is 4.31 Å². The Balaban J connectivity index is 2.16. The number of nitrogens with one attached hydrogen (secondary N) is 1. The monoisotopic (exact) mass is 334 g/mol. The van der Waals surface area contributed by atoms with E-state index in [2.05, 4.69) is 9.97 Å². The number of hydrogen-bond donors (Lipinski definition) is 2. The molecule has 23 heavy (non-hydrogen) atoms. The number of rotatable bonds is 4. The molecule has 2 aromatic heterocycles. The Morgan fingerprint density at radius 3 is 2.74 bits per heavy atom. The second kappa shape index (κ2) is 5.13. The van der Waals surface area contributed by atoms with Gasteiger partial charge in [-0.2, -0.15) is 8.42 Å². The molecule has 0 unspecified atom stereocenters. The Labute approximate surface area is 132 Å². The number of para-hydroxylation sites is 1. The highest BCUT2D eigenvalue weighted by atomic mass is 32.2. The topological polar surface area (TPSA) is 108 Å². The van der Waals surface area contributed by atoms with Gasteiger partial charge in [0.05, 0.1) is 11.2 Å². The molecule has 0 fully saturated rings. The number of carbonyl (C=O) groups is 1. The summed E-state index contributed by atoms with van der Waals surface area (Å²) in [6, 6.07) is 6.44. The normalized spacial score (nSPS) is 11.7. The molecule has 2 N–H and O–H groups in total. The maximum absolute atomic E-state index is 12.7. The number of nitrogens with zero attached hydrogens (tertiary/aromatic N) is 3. The van der Waals surface area contributed by atoms with Crippen LogP contribution < -0.4 is 4.31 Å². The molecule has 3 aromatic rings. The first kappa shape index (κ1) is 15.1. The molecule has 9 heteroatoms. The number of aryl methyl sites for hydroxylation is 1. The average Bonchev–Trinajstić information content (AvgIpc) is 3.11. The minimum absolute atomic E-state index is 0.00441. The van der Waals surface area contributed by atoms with Crippen molar-refractivity contribution in [2.75, 3.05) is 11.4 Å². The standard InChI is InChI=1S/C14H14N4O4S/c1-17-7-6-15-14(17)23(21,22)18(2)11-5-3-4-9-8-10(13(19)20)16-12(9)11/h3-8,16H,1-2H3,(H,19,20). The summed E-state index contributed by atoms with van der Waals surface area (Å²) in [4.78, 5) is 17.7. The second-order valence-electron chi connectivity index (χ2n) is 5.02. The molecule has 0 aliphatic carbocycles. The third-order valence-electron chi connectivity index (χ3n) is 3.57. The molecule has 0 aliphatic heterocycles. The number of hydrogen-bond acceptors (Lipinski definition) is 4. The fraction of sp³-hybridized carbons (Fsp3) is 0.143. The van der Waals surface area contributed by atoms with Gasteiger partial charge in [-0.25, -0.2) is 9.78 Å². The first-order chi connectivity index (χ1) is 10.8. The van der Waals surface area contributed by atoms with Crippen molar-refractivity contribution in [2.45, 2.75) is 5.16 Å². The van der Waals surface area contributed by atoms with Crippen LogP contribution in [-0.4, -0.2) is 41.1 Å². The Hall–Kier alpha value is -2.81. The van der Waals surface area contributed by atoms with Crippen LogP contribution in [0.15, 0.2) is 41.8 Å². The number of carboxylic acid groups (broad SMARTS) is 1. The molecule has 1 aromatic carbocycles. The van der Waals surface area contributed by atoms with E-state index in [0.29, 0.717) is 16.6 Å². The van der Waals surface area contributed by atoms with Crippen molar-refractivity contribution in [3.8, 4) is 0 Å². The molecule has 120 valence electrons. The van der Waals surface area contributed by atoms with E-state index in [4.69, 9.17) is 5.11 Å². The number of aromatic carboxylic acids is 1. The number of H-pyrrole nitrogens is 1. The van der Waals surface area contributed by atoms with Crippen LogP contribution in [0.25, 0.3) is 10.9 Å². The second-order valence-corrected chi connectivity index (χ2v) is 6.89. The summed E-state index contributed by atoms with van der Waals surface area (Å²) >= 11 is 0. The average molecular weight is 334 g/mol. The van der Waals surface area contributed by atoms with E-state index in [1.165, 1.54) is 23.9 Å². The number of aromatic nitrogens is 3. The lowest BCUT2D eigenvalue weighted by atomic mass is 10.2. The molecular weight excluding hydrogens is 320 g/mol. The van der Waals surface area contributed by atoms with Gasteiger partial charge in [0.15, 0.2) is 0 Å². The summed E-state index contributed by atoms with van der Waals surface area (Å²) in [5, 5.41) is 9.60. The van der Waals surface area contributed by atoms with Crippen LogP contribution >= 0.6 is 0 Å². The number of sulfonamides is 1. The van der Waals surface area contributed by atoms with Crippen molar-refractivity contribution in [3.05, 3.63) is 42.4 Å². The highest BCUT2D eigenvalue weighted by molar-refractivity contribution is 7.92. The fourth-order valence-electron chi connectivity index (χ4n) is 2.37. The predicted octanol–water partition coefficient (Wildman–Crippen LogP) is 1.42.